The summed E-state index contributed by atoms with van der Waals surface area (Å²) >= 11 is 0. The second kappa shape index (κ2) is 6.35. The SMILES string of the molecule is Cc1cc(C)cc(CCCN2CCN(C)CC2)c1. The summed E-state index contributed by atoms with van der Waals surface area (Å²) in [6.07, 6.45) is 2.50. The Kier molecular flexibility index (Phi) is 4.79. The normalized spacial score (nSPS) is 18.2. The van der Waals surface area contributed by atoms with Gasteiger partial charge in [0.05, 0.1) is 0 Å². The van der Waals surface area contributed by atoms with Crippen molar-refractivity contribution in [2.45, 2.75) is 26.7 Å². The van der Waals surface area contributed by atoms with Crippen LogP contribution in [0, 0.1) is 13.8 Å². The van der Waals surface area contributed by atoms with Gasteiger partial charge in [0.1, 0.15) is 0 Å². The quantitative estimate of drug-likeness (QED) is 0.805. The van der Waals surface area contributed by atoms with Crippen molar-refractivity contribution in [2.24, 2.45) is 0 Å². The molecule has 0 bridgehead atoms. The number of likely N-dealkylation sites (N-methyl/N-ethyl adjacent to an activating group) is 1. The monoisotopic (exact) mass is 246 g/mol. The van der Waals surface area contributed by atoms with Gasteiger partial charge in [0.2, 0.25) is 0 Å². The Bertz CT molecular complexity index is 358. The summed E-state index contributed by atoms with van der Waals surface area (Å²) < 4.78 is 0. The summed E-state index contributed by atoms with van der Waals surface area (Å²) in [5.74, 6) is 0. The first-order chi connectivity index (χ1) is 8.63. The van der Waals surface area contributed by atoms with E-state index in [4.69, 9.17) is 0 Å². The van der Waals surface area contributed by atoms with Crippen molar-refractivity contribution in [1.29, 1.82) is 0 Å². The maximum absolute atomic E-state index is 2.60. The average Bonchev–Trinajstić information content (AvgIpc) is 2.30. The van der Waals surface area contributed by atoms with Crippen molar-refractivity contribution in [1.82, 2.24) is 9.80 Å². The lowest BCUT2D eigenvalue weighted by molar-refractivity contribution is 0.153. The van der Waals surface area contributed by atoms with Crippen LogP contribution in [0.4, 0.5) is 0 Å². The van der Waals surface area contributed by atoms with Crippen LogP contribution in [0.1, 0.15) is 23.1 Å². The number of piperazine rings is 1. The van der Waals surface area contributed by atoms with Gasteiger partial charge in [-0.25, -0.2) is 0 Å². The molecule has 2 rings (SSSR count). The van der Waals surface area contributed by atoms with Gasteiger partial charge in [-0.1, -0.05) is 29.3 Å². The Morgan fingerprint density at radius 1 is 0.944 bits per heavy atom. The van der Waals surface area contributed by atoms with Crippen molar-refractivity contribution < 1.29 is 0 Å². The Balaban J connectivity index is 1.74. The Morgan fingerprint density at radius 2 is 1.56 bits per heavy atom. The number of hydrogen-bond acceptors (Lipinski definition) is 2. The largest absolute Gasteiger partial charge is 0.304 e. The molecule has 2 heteroatoms. The van der Waals surface area contributed by atoms with E-state index in [1.165, 1.54) is 62.3 Å². The van der Waals surface area contributed by atoms with Crippen LogP contribution in [-0.2, 0) is 6.42 Å². The molecule has 0 N–H and O–H groups in total. The lowest BCUT2D eigenvalue weighted by Crippen LogP contribution is -2.44. The summed E-state index contributed by atoms with van der Waals surface area (Å²) in [7, 11) is 2.22. The predicted octanol–water partition coefficient (Wildman–Crippen LogP) is 2.48. The van der Waals surface area contributed by atoms with E-state index in [1.54, 1.807) is 0 Å². The molecule has 0 atom stereocenters. The molecular formula is C16H26N2. The molecule has 0 spiro atoms. The molecule has 0 aliphatic carbocycles. The van der Waals surface area contributed by atoms with Gasteiger partial charge in [-0.2, -0.15) is 0 Å². The minimum Gasteiger partial charge on any atom is -0.304 e. The summed E-state index contributed by atoms with van der Waals surface area (Å²) in [6.45, 7) is 10.6. The molecule has 1 aromatic rings. The molecule has 1 aliphatic rings. The van der Waals surface area contributed by atoms with Crippen molar-refractivity contribution >= 4 is 0 Å². The molecule has 100 valence electrons. The third-order valence-corrected chi connectivity index (χ3v) is 3.82. The lowest BCUT2D eigenvalue weighted by atomic mass is 10.0. The highest BCUT2D eigenvalue weighted by atomic mass is 15.2. The van der Waals surface area contributed by atoms with E-state index in [0.717, 1.165) is 0 Å². The second-order valence-electron chi connectivity index (χ2n) is 5.74. The van der Waals surface area contributed by atoms with Gasteiger partial charge in [-0.15, -0.1) is 0 Å². The van der Waals surface area contributed by atoms with Crippen molar-refractivity contribution in [3.05, 3.63) is 34.9 Å². The molecule has 1 fully saturated rings. The van der Waals surface area contributed by atoms with E-state index in [0.29, 0.717) is 0 Å². The minimum atomic E-state index is 1.22. The van der Waals surface area contributed by atoms with Crippen LogP contribution in [-0.4, -0.2) is 49.6 Å². The molecule has 1 saturated heterocycles. The van der Waals surface area contributed by atoms with Crippen LogP contribution in [0.25, 0.3) is 0 Å². The zero-order valence-electron chi connectivity index (χ0n) is 12.1. The smallest absolute Gasteiger partial charge is 0.0110 e. The van der Waals surface area contributed by atoms with E-state index in [1.807, 2.05) is 0 Å². The first-order valence-electron chi connectivity index (χ1n) is 7.11. The summed E-state index contributed by atoms with van der Waals surface area (Å²) in [5, 5.41) is 0. The molecule has 1 heterocycles. The standard InChI is InChI=1S/C16H26N2/c1-14-11-15(2)13-16(12-14)5-4-6-18-9-7-17(3)8-10-18/h11-13H,4-10H2,1-3H3. The molecule has 1 aliphatic heterocycles. The average molecular weight is 246 g/mol. The summed E-state index contributed by atoms with van der Waals surface area (Å²) in [6, 6.07) is 6.91. The van der Waals surface area contributed by atoms with Crippen molar-refractivity contribution in [3.63, 3.8) is 0 Å². The Morgan fingerprint density at radius 3 is 2.17 bits per heavy atom. The fourth-order valence-corrected chi connectivity index (χ4v) is 2.79. The maximum atomic E-state index is 2.60. The molecule has 0 unspecified atom stereocenters. The number of aryl methyl sites for hydroxylation is 3. The highest BCUT2D eigenvalue weighted by molar-refractivity contribution is 5.28. The van der Waals surface area contributed by atoms with Gasteiger partial charge in [0, 0.05) is 26.2 Å². The molecule has 0 amide bonds. The van der Waals surface area contributed by atoms with Crippen LogP contribution in [0.15, 0.2) is 18.2 Å². The van der Waals surface area contributed by atoms with E-state index in [2.05, 4.69) is 48.9 Å². The van der Waals surface area contributed by atoms with Crippen LogP contribution < -0.4 is 0 Å². The van der Waals surface area contributed by atoms with Crippen LogP contribution in [0.5, 0.6) is 0 Å². The fraction of sp³-hybridized carbons (Fsp3) is 0.625. The van der Waals surface area contributed by atoms with Crippen LogP contribution >= 0.6 is 0 Å². The zero-order valence-corrected chi connectivity index (χ0v) is 12.1. The van der Waals surface area contributed by atoms with Gasteiger partial charge in [0.15, 0.2) is 0 Å². The predicted molar refractivity (Wildman–Crippen MR) is 78.2 cm³/mol. The van der Waals surface area contributed by atoms with Gasteiger partial charge >= 0.3 is 0 Å². The Hall–Kier alpha value is -0.860. The third kappa shape index (κ3) is 4.11. The molecule has 1 aromatic carbocycles. The van der Waals surface area contributed by atoms with Gasteiger partial charge in [-0.3, -0.25) is 0 Å². The first kappa shape index (κ1) is 13.6. The number of nitrogens with zero attached hydrogens (tertiary/aromatic N) is 2. The second-order valence-corrected chi connectivity index (χ2v) is 5.74. The molecule has 0 saturated carbocycles. The molecule has 0 radical (unpaired) electrons. The van der Waals surface area contributed by atoms with Crippen LogP contribution in [0.2, 0.25) is 0 Å². The van der Waals surface area contributed by atoms with Crippen molar-refractivity contribution in [3.8, 4) is 0 Å². The minimum absolute atomic E-state index is 1.22. The highest BCUT2D eigenvalue weighted by Crippen LogP contribution is 2.11. The fourth-order valence-electron chi connectivity index (χ4n) is 2.79. The summed E-state index contributed by atoms with van der Waals surface area (Å²) in [5.41, 5.74) is 4.29. The van der Waals surface area contributed by atoms with Gasteiger partial charge in [-0.05, 0) is 45.8 Å². The Labute approximate surface area is 112 Å². The number of benzene rings is 1. The maximum Gasteiger partial charge on any atom is 0.0110 e. The summed E-state index contributed by atoms with van der Waals surface area (Å²) in [4.78, 5) is 5.02. The first-order valence-corrected chi connectivity index (χ1v) is 7.11. The van der Waals surface area contributed by atoms with Gasteiger partial charge < -0.3 is 9.80 Å². The van der Waals surface area contributed by atoms with Crippen molar-refractivity contribution in [2.75, 3.05) is 39.8 Å². The van der Waals surface area contributed by atoms with E-state index in [9.17, 15) is 0 Å². The molecular weight excluding hydrogens is 220 g/mol. The van der Waals surface area contributed by atoms with Gasteiger partial charge in [0.25, 0.3) is 0 Å². The molecule has 2 nitrogen and oxygen atoms in total. The van der Waals surface area contributed by atoms with E-state index < -0.39 is 0 Å². The van der Waals surface area contributed by atoms with E-state index >= 15 is 0 Å². The number of hydrogen-bond donors (Lipinski definition) is 0. The third-order valence-electron chi connectivity index (χ3n) is 3.82. The highest BCUT2D eigenvalue weighted by Gasteiger charge is 2.12. The molecule has 18 heavy (non-hydrogen) atoms. The molecule has 0 aromatic heterocycles. The van der Waals surface area contributed by atoms with Crippen LogP contribution in [0.3, 0.4) is 0 Å². The number of rotatable bonds is 4. The van der Waals surface area contributed by atoms with E-state index in [-0.39, 0.29) is 0 Å². The lowest BCUT2D eigenvalue weighted by Gasteiger charge is -2.32. The topological polar surface area (TPSA) is 6.48 Å². The zero-order chi connectivity index (χ0) is 13.0.